The molecule has 2 aliphatic rings. The molecule has 444 valence electrons. The number of ether oxygens (including phenoxy) is 2. The van der Waals surface area contributed by atoms with E-state index in [0.717, 1.165) is 16.7 Å². The Balaban J connectivity index is 0.873. The fraction of sp³-hybridized carbons (Fsp3) is 0.406. The number of piperazine rings is 1. The van der Waals surface area contributed by atoms with Crippen LogP contribution < -0.4 is 26.0 Å². The highest BCUT2D eigenvalue weighted by atomic mass is 16.6. The number of aryl methyl sites for hydroxylation is 1. The average Bonchev–Trinajstić information content (AvgIpc) is 3.80. The predicted molar refractivity (Wildman–Crippen MR) is 315 cm³/mol. The number of carbonyl (C=O) groups excluding carboxylic acids is 6. The number of nitrogens with one attached hydrogen (secondary N) is 4. The number of ketones is 1. The molecule has 5 aromatic carbocycles. The van der Waals surface area contributed by atoms with Crippen molar-refractivity contribution in [2.45, 2.75) is 123 Å². The van der Waals surface area contributed by atoms with Gasteiger partial charge in [-0.25, -0.2) is 9.36 Å². The van der Waals surface area contributed by atoms with Gasteiger partial charge in [-0.15, -0.1) is 5.10 Å². The normalized spacial score (nSPS) is 16.6. The van der Waals surface area contributed by atoms with Crippen LogP contribution in [-0.2, 0) is 43.3 Å². The first kappa shape index (κ1) is 61.5. The fourth-order valence-electron chi connectivity index (χ4n) is 10.2. The van der Waals surface area contributed by atoms with Crippen molar-refractivity contribution in [3.8, 4) is 40.3 Å². The number of Topliss-reactive ketones (excluding diaryl/α,β-unsaturated/α-hetero) is 1. The molecule has 5 amide bonds. The number of aromatic nitrogens is 3. The first-order valence-corrected chi connectivity index (χ1v) is 28.7. The molecule has 1 aromatic heterocycles. The second-order valence-electron chi connectivity index (χ2n) is 23.1. The van der Waals surface area contributed by atoms with Crippen molar-refractivity contribution in [1.82, 2.24) is 45.8 Å². The van der Waals surface area contributed by atoms with Crippen molar-refractivity contribution >= 4 is 35.5 Å². The molecule has 7 N–H and O–H groups in total. The minimum atomic E-state index is -1.11. The molecule has 20 nitrogen and oxygen atoms in total. The summed E-state index contributed by atoms with van der Waals surface area (Å²) in [4.78, 5) is 87.7. The summed E-state index contributed by atoms with van der Waals surface area (Å²) in [6, 6.07) is 30.6. The molecular weight excluding hydrogens is 1070 g/mol. The van der Waals surface area contributed by atoms with Crippen LogP contribution in [0, 0.1) is 11.8 Å². The number of phenols is 2. The van der Waals surface area contributed by atoms with Crippen molar-refractivity contribution in [3.63, 3.8) is 0 Å². The van der Waals surface area contributed by atoms with Gasteiger partial charge in [0.05, 0.1) is 23.9 Å². The first-order chi connectivity index (χ1) is 40.1. The van der Waals surface area contributed by atoms with Crippen LogP contribution in [0.3, 0.4) is 0 Å². The molecule has 2 saturated heterocycles. The minimum absolute atomic E-state index is 0.0390. The van der Waals surface area contributed by atoms with Crippen LogP contribution in [0.5, 0.6) is 23.3 Å². The highest BCUT2D eigenvalue weighted by Gasteiger charge is 2.50. The maximum Gasteiger partial charge on any atom is 0.415 e. The van der Waals surface area contributed by atoms with Crippen LogP contribution in [0.1, 0.15) is 106 Å². The summed E-state index contributed by atoms with van der Waals surface area (Å²) in [5.74, 6) is -2.40. The van der Waals surface area contributed by atoms with Gasteiger partial charge in [0.1, 0.15) is 41.0 Å². The topological polar surface area (TPSA) is 270 Å². The van der Waals surface area contributed by atoms with E-state index >= 15 is 0 Å². The van der Waals surface area contributed by atoms with E-state index in [-0.39, 0.29) is 84.1 Å². The van der Waals surface area contributed by atoms with Gasteiger partial charge < -0.3 is 51.0 Å². The summed E-state index contributed by atoms with van der Waals surface area (Å²) in [5.41, 5.74) is 3.39. The Kier molecular flexibility index (Phi) is 20.2. The van der Waals surface area contributed by atoms with E-state index in [4.69, 9.17) is 9.47 Å². The van der Waals surface area contributed by atoms with Crippen molar-refractivity contribution in [1.29, 1.82) is 0 Å². The van der Waals surface area contributed by atoms with Crippen LogP contribution in [-0.4, -0.2) is 138 Å². The molecule has 3 heterocycles. The van der Waals surface area contributed by atoms with Gasteiger partial charge in [0.15, 0.2) is 11.6 Å². The van der Waals surface area contributed by atoms with Crippen LogP contribution in [0.15, 0.2) is 121 Å². The summed E-state index contributed by atoms with van der Waals surface area (Å²) in [7, 11) is 0. The summed E-state index contributed by atoms with van der Waals surface area (Å²) in [6.45, 7) is 16.0. The van der Waals surface area contributed by atoms with E-state index in [9.17, 15) is 44.1 Å². The zero-order chi connectivity index (χ0) is 60.2. The molecule has 20 heteroatoms. The maximum atomic E-state index is 14.4. The Bertz CT molecular complexity index is 3250. The SMILES string of the molecule is CC(C)C[C@H](NC(=O)[C@H](CCc1ccccc1)NC(=O)c1ccc(OC(=O)N2CCN(Cc3ccc(-n4c(O)nnc4-c4cc(C(C)C)c(O)cc4O)cc3)CC2)cc1)C(=O)N[C@@H](Cc1ccccc1)C(=O)N[C@@H](CC(C)C)C(=O)[C@@]1(C)CO1. The molecular formula is C64H77N9O11. The summed E-state index contributed by atoms with van der Waals surface area (Å²) in [5, 5.41) is 51.4. The second-order valence-corrected chi connectivity index (χ2v) is 23.1. The van der Waals surface area contributed by atoms with Crippen molar-refractivity contribution in [3.05, 3.63) is 149 Å². The monoisotopic (exact) mass is 1150 g/mol. The van der Waals surface area contributed by atoms with E-state index < -0.39 is 59.5 Å². The lowest BCUT2D eigenvalue weighted by Crippen LogP contribution is -2.59. The quantitative estimate of drug-likeness (QED) is 0.0276. The zero-order valence-corrected chi connectivity index (χ0v) is 48.7. The third-order valence-electron chi connectivity index (χ3n) is 15.1. The minimum Gasteiger partial charge on any atom is -0.508 e. The highest BCUT2D eigenvalue weighted by molar-refractivity contribution is 6.00. The number of rotatable bonds is 25. The molecule has 0 radical (unpaired) electrons. The predicted octanol–water partition coefficient (Wildman–Crippen LogP) is 7.37. The Morgan fingerprint density at radius 1 is 0.631 bits per heavy atom. The van der Waals surface area contributed by atoms with Gasteiger partial charge in [0.25, 0.3) is 5.91 Å². The third-order valence-corrected chi connectivity index (χ3v) is 15.1. The molecule has 2 fully saturated rings. The lowest BCUT2D eigenvalue weighted by molar-refractivity contribution is -0.134. The van der Waals surface area contributed by atoms with E-state index in [2.05, 4.69) is 36.4 Å². The standard InChI is InChI=1S/C64H77N9O11/c1-39(2)32-51(56(76)64(7)38-83-64)66-61(80)53(34-43-16-12-9-13-17-43)68-60(79)52(33-40(3)4)67-59(78)50(27-20-42-14-10-8-11-15-42)65-58(77)45-21-25-47(26-22-45)84-63(82)72-30-28-71(29-31-72)37-44-18-23-46(24-19-44)73-57(69-70-62(73)81)49-35-48(41(5)6)54(74)36-55(49)75/h8-19,21-26,35-36,39-41,50-53,74-75H,20,27-34,37-38H2,1-7H3,(H,65,77)(H,66,80)(H,67,78)(H,68,79)(H,70,81)/t50-,51-,52-,53-,64+/m0/s1. The number of benzene rings is 5. The van der Waals surface area contributed by atoms with E-state index in [1.807, 2.05) is 126 Å². The molecule has 0 spiro atoms. The molecule has 8 rings (SSSR count). The molecule has 0 bridgehead atoms. The number of hydrogen-bond acceptors (Lipinski definition) is 14. The summed E-state index contributed by atoms with van der Waals surface area (Å²) in [6.07, 6.45) is 0.760. The van der Waals surface area contributed by atoms with Crippen LogP contribution in [0.25, 0.3) is 17.1 Å². The van der Waals surface area contributed by atoms with Crippen molar-refractivity contribution in [2.24, 2.45) is 11.8 Å². The number of epoxide rings is 1. The van der Waals surface area contributed by atoms with Crippen LogP contribution >= 0.6 is 0 Å². The third kappa shape index (κ3) is 16.1. The molecule has 0 aliphatic carbocycles. The number of hydrogen-bond donors (Lipinski definition) is 7. The zero-order valence-electron chi connectivity index (χ0n) is 48.7. The number of nitrogens with zero attached hydrogens (tertiary/aromatic N) is 5. The van der Waals surface area contributed by atoms with Gasteiger partial charge in [-0.3, -0.25) is 28.9 Å². The number of amides is 5. The van der Waals surface area contributed by atoms with Gasteiger partial charge >= 0.3 is 12.1 Å². The molecule has 0 unspecified atom stereocenters. The Hall–Kier alpha value is -8.62. The van der Waals surface area contributed by atoms with Crippen molar-refractivity contribution in [2.75, 3.05) is 32.8 Å². The lowest BCUT2D eigenvalue weighted by Gasteiger charge is -2.34. The Labute approximate surface area is 490 Å². The number of phenolic OH excluding ortho intramolecular Hbond substituents is 2. The molecule has 84 heavy (non-hydrogen) atoms. The van der Waals surface area contributed by atoms with Gasteiger partial charge in [-0.05, 0) is 115 Å². The van der Waals surface area contributed by atoms with Gasteiger partial charge in [-0.2, -0.15) is 0 Å². The van der Waals surface area contributed by atoms with Crippen LogP contribution in [0.2, 0.25) is 0 Å². The van der Waals surface area contributed by atoms with Gasteiger partial charge in [0, 0.05) is 50.8 Å². The number of carbonyl (C=O) groups is 6. The van der Waals surface area contributed by atoms with Gasteiger partial charge in [-0.1, -0.05) is 119 Å². The lowest BCUT2D eigenvalue weighted by atomic mass is 9.93. The van der Waals surface area contributed by atoms with Crippen molar-refractivity contribution < 1.29 is 53.6 Å². The van der Waals surface area contributed by atoms with E-state index in [0.29, 0.717) is 62.4 Å². The second kappa shape index (κ2) is 27.6. The largest absolute Gasteiger partial charge is 0.508 e. The Morgan fingerprint density at radius 2 is 1.20 bits per heavy atom. The van der Waals surface area contributed by atoms with Gasteiger partial charge in [0.2, 0.25) is 17.7 Å². The fourth-order valence-corrected chi connectivity index (χ4v) is 10.2. The summed E-state index contributed by atoms with van der Waals surface area (Å²) >= 11 is 0. The van der Waals surface area contributed by atoms with E-state index in [1.165, 1.54) is 34.9 Å². The molecule has 0 saturated carbocycles. The average molecular weight is 1150 g/mol. The highest BCUT2D eigenvalue weighted by Crippen LogP contribution is 2.39. The van der Waals surface area contributed by atoms with Crippen LogP contribution in [0.4, 0.5) is 4.79 Å². The summed E-state index contributed by atoms with van der Waals surface area (Å²) < 4.78 is 12.6. The number of aromatic hydroxyl groups is 3. The smallest absolute Gasteiger partial charge is 0.415 e. The first-order valence-electron chi connectivity index (χ1n) is 28.7. The molecule has 6 aromatic rings. The maximum absolute atomic E-state index is 14.4. The molecule has 5 atom stereocenters. The Morgan fingerprint density at radius 3 is 1.81 bits per heavy atom. The molecule has 2 aliphatic heterocycles. The van der Waals surface area contributed by atoms with E-state index in [1.54, 1.807) is 17.9 Å².